The Balaban J connectivity index is 1.58. The zero-order chi connectivity index (χ0) is 21.4. The average molecular weight is 511 g/mol. The maximum atomic E-state index is 13.6. The third kappa shape index (κ3) is 4.12. The maximum Gasteiger partial charge on any atom is 0.309 e. The molecule has 0 unspecified atom stereocenters. The summed E-state index contributed by atoms with van der Waals surface area (Å²) in [6, 6.07) is 19.4. The number of amides is 1. The van der Waals surface area contributed by atoms with Gasteiger partial charge in [-0.3, -0.25) is 4.79 Å². The number of carbonyl (C=O) groups excluding carboxylic acids is 1. The third-order valence-electron chi connectivity index (χ3n) is 4.38. The fourth-order valence-corrected chi connectivity index (χ4v) is 5.00. The van der Waals surface area contributed by atoms with Crippen LogP contribution in [0.5, 0.6) is 0 Å². The van der Waals surface area contributed by atoms with Crippen LogP contribution in [-0.2, 0) is 0 Å². The van der Waals surface area contributed by atoms with Gasteiger partial charge in [-0.15, -0.1) is 11.3 Å². The Bertz CT molecular complexity index is 1410. The Labute approximate surface area is 192 Å². The van der Waals surface area contributed by atoms with Crippen molar-refractivity contribution in [3.8, 4) is 0 Å². The van der Waals surface area contributed by atoms with Crippen molar-refractivity contribution in [2.24, 2.45) is 5.10 Å². The first-order valence-corrected chi connectivity index (χ1v) is 11.5. The van der Waals surface area contributed by atoms with Crippen LogP contribution in [0, 0.1) is 5.82 Å². The second-order valence-corrected chi connectivity index (χ2v) is 9.46. The van der Waals surface area contributed by atoms with Gasteiger partial charge in [0.1, 0.15) is 5.82 Å². The molecular weight excluding hydrogens is 499 g/mol. The van der Waals surface area contributed by atoms with Crippen molar-refractivity contribution >= 4 is 76.3 Å². The number of hydrogen-bond donors (Lipinski definition) is 0. The highest BCUT2D eigenvalue weighted by atomic mass is 79.9. The summed E-state index contributed by atoms with van der Waals surface area (Å²) in [5.41, 5.74) is 2.17. The Morgan fingerprint density at radius 2 is 1.74 bits per heavy atom. The molecule has 1 amide bonds. The Morgan fingerprint density at radius 1 is 0.968 bits per heavy atom. The lowest BCUT2D eigenvalue weighted by Crippen LogP contribution is -2.25. The highest BCUT2D eigenvalue weighted by molar-refractivity contribution is 9.10. The Morgan fingerprint density at radius 3 is 2.55 bits per heavy atom. The maximum absolute atomic E-state index is 13.6. The van der Waals surface area contributed by atoms with Gasteiger partial charge in [0.25, 0.3) is 0 Å². The minimum atomic E-state index is -0.394. The number of thiazole rings is 2. The molecule has 0 atom stereocenters. The van der Waals surface area contributed by atoms with Crippen LogP contribution in [-0.4, -0.2) is 22.1 Å². The first kappa shape index (κ1) is 19.9. The summed E-state index contributed by atoms with van der Waals surface area (Å²) in [5, 5.41) is 6.30. The number of aromatic nitrogens is 2. The lowest BCUT2D eigenvalue weighted by molar-refractivity contribution is 0.0987. The summed E-state index contributed by atoms with van der Waals surface area (Å²) >= 11 is 5.90. The van der Waals surface area contributed by atoms with Crippen LogP contribution >= 0.6 is 38.6 Å². The van der Waals surface area contributed by atoms with Crippen LogP contribution in [0.1, 0.15) is 15.4 Å². The van der Waals surface area contributed by atoms with Crippen molar-refractivity contribution in [2.75, 3.05) is 5.01 Å². The highest BCUT2D eigenvalue weighted by Gasteiger charge is 2.24. The van der Waals surface area contributed by atoms with Crippen LogP contribution in [0.15, 0.2) is 76.3 Å². The number of rotatable bonds is 4. The van der Waals surface area contributed by atoms with E-state index in [0.29, 0.717) is 20.4 Å². The van der Waals surface area contributed by atoms with Gasteiger partial charge in [-0.1, -0.05) is 51.5 Å². The first-order chi connectivity index (χ1) is 15.1. The van der Waals surface area contributed by atoms with Crippen LogP contribution in [0.25, 0.3) is 20.4 Å². The predicted molar refractivity (Wildman–Crippen MR) is 128 cm³/mol. The van der Waals surface area contributed by atoms with Crippen LogP contribution < -0.4 is 5.01 Å². The molecule has 0 spiro atoms. The van der Waals surface area contributed by atoms with E-state index < -0.39 is 5.91 Å². The quantitative estimate of drug-likeness (QED) is 0.205. The predicted octanol–water partition coefficient (Wildman–Crippen LogP) is 6.49. The number of nitrogens with zero attached hydrogens (tertiary/aromatic N) is 4. The van der Waals surface area contributed by atoms with E-state index in [1.807, 2.05) is 48.5 Å². The molecule has 3 aromatic carbocycles. The van der Waals surface area contributed by atoms with E-state index in [9.17, 15) is 9.18 Å². The number of anilines is 1. The Kier molecular flexibility index (Phi) is 5.31. The van der Waals surface area contributed by atoms with Crippen molar-refractivity contribution in [1.29, 1.82) is 0 Å². The second-order valence-electron chi connectivity index (χ2n) is 6.51. The number of carbonyl (C=O) groups is 1. The van der Waals surface area contributed by atoms with Crippen molar-refractivity contribution in [2.45, 2.75) is 0 Å². The molecule has 0 saturated heterocycles. The molecule has 2 aromatic heterocycles. The molecule has 0 saturated carbocycles. The molecule has 2 heterocycles. The van der Waals surface area contributed by atoms with E-state index in [0.717, 1.165) is 20.3 Å². The van der Waals surface area contributed by atoms with E-state index in [2.05, 4.69) is 31.0 Å². The molecule has 9 heteroatoms. The molecule has 0 radical (unpaired) electrons. The molecule has 0 aliphatic heterocycles. The smallest absolute Gasteiger partial charge is 0.264 e. The topological polar surface area (TPSA) is 58.5 Å². The monoisotopic (exact) mass is 510 g/mol. The molecule has 0 fully saturated rings. The SMILES string of the molecule is O=C(c1nc2ccccc2s1)N(/N=C/c1ccc(Br)cc1)c1nc2ccc(F)cc2s1. The van der Waals surface area contributed by atoms with Crippen molar-refractivity contribution < 1.29 is 9.18 Å². The summed E-state index contributed by atoms with van der Waals surface area (Å²) in [6.07, 6.45) is 1.59. The average Bonchev–Trinajstić information content (AvgIpc) is 3.38. The largest absolute Gasteiger partial charge is 0.309 e. The van der Waals surface area contributed by atoms with Crippen LogP contribution in [0.3, 0.4) is 0 Å². The van der Waals surface area contributed by atoms with Gasteiger partial charge in [0.05, 0.1) is 26.6 Å². The fourth-order valence-electron chi connectivity index (χ4n) is 2.89. The Hall–Kier alpha value is -3.01. The number of benzene rings is 3. The van der Waals surface area contributed by atoms with E-state index in [-0.39, 0.29) is 5.82 Å². The fraction of sp³-hybridized carbons (Fsp3) is 0. The first-order valence-electron chi connectivity index (χ1n) is 9.12. The lowest BCUT2D eigenvalue weighted by atomic mass is 10.2. The lowest BCUT2D eigenvalue weighted by Gasteiger charge is -2.11. The summed E-state index contributed by atoms with van der Waals surface area (Å²) < 4.78 is 16.1. The summed E-state index contributed by atoms with van der Waals surface area (Å²) in [5.74, 6) is -0.751. The third-order valence-corrected chi connectivity index (χ3v) is 6.93. The van der Waals surface area contributed by atoms with Gasteiger partial charge in [0.15, 0.2) is 5.01 Å². The van der Waals surface area contributed by atoms with Gasteiger partial charge in [-0.25, -0.2) is 14.4 Å². The molecule has 0 bridgehead atoms. The van der Waals surface area contributed by atoms with E-state index in [1.165, 1.54) is 39.8 Å². The molecular formula is C22H12BrFN4OS2. The molecule has 0 N–H and O–H groups in total. The molecule has 5 nitrogen and oxygen atoms in total. The minimum absolute atomic E-state index is 0.305. The summed E-state index contributed by atoms with van der Waals surface area (Å²) in [6.45, 7) is 0. The van der Waals surface area contributed by atoms with Gasteiger partial charge in [-0.05, 0) is 48.0 Å². The molecule has 0 aliphatic carbocycles. The number of para-hydroxylation sites is 1. The molecule has 5 aromatic rings. The normalized spacial score (nSPS) is 11.5. The molecule has 0 aliphatic rings. The van der Waals surface area contributed by atoms with E-state index in [1.54, 1.807) is 12.3 Å². The van der Waals surface area contributed by atoms with Crippen molar-refractivity contribution in [3.05, 3.63) is 87.6 Å². The summed E-state index contributed by atoms with van der Waals surface area (Å²) in [4.78, 5) is 22.3. The number of hydrazone groups is 1. The second kappa shape index (κ2) is 8.26. The van der Waals surface area contributed by atoms with E-state index in [4.69, 9.17) is 0 Å². The standard InChI is InChI=1S/C22H12BrFN4OS2/c23-14-7-5-13(6-8-14)12-25-28(22-27-17-10-9-15(24)11-19(17)31-22)21(29)20-26-16-3-1-2-4-18(16)30-20/h1-12H/b25-12+. The van der Waals surface area contributed by atoms with Gasteiger partial charge in [0, 0.05) is 4.47 Å². The van der Waals surface area contributed by atoms with E-state index >= 15 is 0 Å². The van der Waals surface area contributed by atoms with Gasteiger partial charge < -0.3 is 0 Å². The molecule has 5 rings (SSSR count). The number of halogens is 2. The zero-order valence-electron chi connectivity index (χ0n) is 15.7. The van der Waals surface area contributed by atoms with Crippen LogP contribution in [0.2, 0.25) is 0 Å². The van der Waals surface area contributed by atoms with Crippen molar-refractivity contribution in [1.82, 2.24) is 9.97 Å². The van der Waals surface area contributed by atoms with Crippen molar-refractivity contribution in [3.63, 3.8) is 0 Å². The number of hydrogen-bond acceptors (Lipinski definition) is 6. The minimum Gasteiger partial charge on any atom is -0.264 e. The summed E-state index contributed by atoms with van der Waals surface area (Å²) in [7, 11) is 0. The van der Waals surface area contributed by atoms with Gasteiger partial charge >= 0.3 is 5.91 Å². The van der Waals surface area contributed by atoms with Crippen LogP contribution in [0.4, 0.5) is 9.52 Å². The van der Waals surface area contributed by atoms with Gasteiger partial charge in [-0.2, -0.15) is 10.1 Å². The zero-order valence-corrected chi connectivity index (χ0v) is 18.9. The molecule has 152 valence electrons. The molecule has 31 heavy (non-hydrogen) atoms. The highest BCUT2D eigenvalue weighted by Crippen LogP contribution is 2.32. The van der Waals surface area contributed by atoms with Gasteiger partial charge in [0.2, 0.25) is 5.13 Å². The number of fused-ring (bicyclic) bond motifs is 2.